The Labute approximate surface area is 136 Å². The van der Waals surface area contributed by atoms with Crippen molar-refractivity contribution in [1.29, 1.82) is 0 Å². The fraction of sp³-hybridized carbons (Fsp3) is 0.125. The zero-order valence-electron chi connectivity index (χ0n) is 12.5. The standard InChI is InChI=1S/C16H14N4O4/c21-9-13(16(23)19-14-7-8-24-20-14)18-15(22)12-6-5-10-3-1-2-4-11(10)17-12/h1-8,13,21H,9H2,(H,18,22)(H,19,20,23)/t13-/m0/s1. The van der Waals surface area contributed by atoms with Crippen molar-refractivity contribution >= 4 is 28.5 Å². The van der Waals surface area contributed by atoms with Gasteiger partial charge in [-0.25, -0.2) is 4.98 Å². The summed E-state index contributed by atoms with van der Waals surface area (Å²) in [5.41, 5.74) is 0.819. The van der Waals surface area contributed by atoms with Crippen molar-refractivity contribution < 1.29 is 19.2 Å². The lowest BCUT2D eigenvalue weighted by Crippen LogP contribution is -2.46. The van der Waals surface area contributed by atoms with Gasteiger partial charge in [-0.3, -0.25) is 9.59 Å². The molecule has 1 atom stereocenters. The maximum absolute atomic E-state index is 12.3. The highest BCUT2D eigenvalue weighted by molar-refractivity contribution is 6.00. The molecule has 2 aromatic heterocycles. The van der Waals surface area contributed by atoms with Gasteiger partial charge in [-0.1, -0.05) is 29.4 Å². The Kier molecular flexibility index (Phi) is 4.48. The Hall–Kier alpha value is -3.26. The van der Waals surface area contributed by atoms with Gasteiger partial charge in [-0.2, -0.15) is 0 Å². The van der Waals surface area contributed by atoms with Crippen LogP contribution in [0, 0.1) is 0 Å². The molecule has 0 aliphatic heterocycles. The maximum Gasteiger partial charge on any atom is 0.270 e. The van der Waals surface area contributed by atoms with Crippen LogP contribution < -0.4 is 10.6 Å². The average Bonchev–Trinajstić information content (AvgIpc) is 3.11. The van der Waals surface area contributed by atoms with Gasteiger partial charge >= 0.3 is 0 Å². The topological polar surface area (TPSA) is 117 Å². The fourth-order valence-corrected chi connectivity index (χ4v) is 2.11. The van der Waals surface area contributed by atoms with Gasteiger partial charge in [0, 0.05) is 11.5 Å². The van der Waals surface area contributed by atoms with E-state index in [4.69, 9.17) is 0 Å². The van der Waals surface area contributed by atoms with E-state index in [1.807, 2.05) is 18.2 Å². The summed E-state index contributed by atoms with van der Waals surface area (Å²) in [6, 6.07) is 11.0. The molecule has 0 spiro atoms. The number of amides is 2. The van der Waals surface area contributed by atoms with Crippen molar-refractivity contribution in [3.63, 3.8) is 0 Å². The van der Waals surface area contributed by atoms with E-state index in [0.717, 1.165) is 5.39 Å². The normalized spacial score (nSPS) is 11.9. The van der Waals surface area contributed by atoms with Gasteiger partial charge < -0.3 is 20.3 Å². The molecule has 0 bridgehead atoms. The lowest BCUT2D eigenvalue weighted by molar-refractivity contribution is -0.118. The number of pyridine rings is 1. The maximum atomic E-state index is 12.3. The number of carbonyl (C=O) groups is 2. The highest BCUT2D eigenvalue weighted by atomic mass is 16.5. The Morgan fingerprint density at radius 2 is 2.00 bits per heavy atom. The minimum absolute atomic E-state index is 0.154. The second-order valence-corrected chi connectivity index (χ2v) is 4.97. The summed E-state index contributed by atoms with van der Waals surface area (Å²) in [6.07, 6.45) is 1.29. The molecule has 3 aromatic rings. The van der Waals surface area contributed by atoms with E-state index >= 15 is 0 Å². The lowest BCUT2D eigenvalue weighted by atomic mass is 10.2. The molecule has 0 saturated heterocycles. The van der Waals surface area contributed by atoms with E-state index < -0.39 is 24.5 Å². The number of hydrogen-bond acceptors (Lipinski definition) is 6. The number of fused-ring (bicyclic) bond motifs is 1. The predicted octanol–water partition coefficient (Wildman–Crippen LogP) is 0.952. The van der Waals surface area contributed by atoms with E-state index in [0.29, 0.717) is 5.52 Å². The number of carbonyl (C=O) groups excluding carboxylic acids is 2. The summed E-state index contributed by atoms with van der Waals surface area (Å²) in [5.74, 6) is -0.979. The van der Waals surface area contributed by atoms with Crippen molar-refractivity contribution in [1.82, 2.24) is 15.5 Å². The highest BCUT2D eigenvalue weighted by Gasteiger charge is 2.22. The molecule has 24 heavy (non-hydrogen) atoms. The Balaban J connectivity index is 1.72. The van der Waals surface area contributed by atoms with Crippen LogP contribution in [-0.4, -0.2) is 39.7 Å². The molecule has 3 N–H and O–H groups in total. The summed E-state index contributed by atoms with van der Waals surface area (Å²) in [6.45, 7) is -0.566. The monoisotopic (exact) mass is 326 g/mol. The Morgan fingerprint density at radius 3 is 2.75 bits per heavy atom. The minimum Gasteiger partial charge on any atom is -0.394 e. The molecule has 122 valence electrons. The summed E-state index contributed by atoms with van der Waals surface area (Å²) >= 11 is 0. The molecule has 8 heteroatoms. The van der Waals surface area contributed by atoms with E-state index in [1.165, 1.54) is 12.3 Å². The van der Waals surface area contributed by atoms with E-state index in [1.54, 1.807) is 18.2 Å². The average molecular weight is 326 g/mol. The number of nitrogens with one attached hydrogen (secondary N) is 2. The molecule has 8 nitrogen and oxygen atoms in total. The molecule has 0 aliphatic carbocycles. The molecular weight excluding hydrogens is 312 g/mol. The van der Waals surface area contributed by atoms with Gasteiger partial charge in [-0.15, -0.1) is 0 Å². The van der Waals surface area contributed by atoms with Gasteiger partial charge in [0.2, 0.25) is 0 Å². The van der Waals surface area contributed by atoms with Crippen LogP contribution in [0.2, 0.25) is 0 Å². The third kappa shape index (κ3) is 3.39. The van der Waals surface area contributed by atoms with Gasteiger partial charge in [-0.05, 0) is 12.1 Å². The molecule has 3 rings (SSSR count). The zero-order valence-corrected chi connectivity index (χ0v) is 12.5. The highest BCUT2D eigenvalue weighted by Crippen LogP contribution is 2.12. The van der Waals surface area contributed by atoms with Crippen molar-refractivity contribution in [2.75, 3.05) is 11.9 Å². The van der Waals surface area contributed by atoms with Crippen LogP contribution in [0.3, 0.4) is 0 Å². The van der Waals surface area contributed by atoms with Crippen LogP contribution in [0.4, 0.5) is 5.82 Å². The minimum atomic E-state index is -1.14. The second kappa shape index (κ2) is 6.88. The Morgan fingerprint density at radius 1 is 1.17 bits per heavy atom. The number of benzene rings is 1. The van der Waals surface area contributed by atoms with Crippen LogP contribution in [0.25, 0.3) is 10.9 Å². The first-order valence-electron chi connectivity index (χ1n) is 7.16. The fourth-order valence-electron chi connectivity index (χ4n) is 2.11. The van der Waals surface area contributed by atoms with Crippen LogP contribution in [-0.2, 0) is 4.79 Å². The van der Waals surface area contributed by atoms with Gasteiger partial charge in [0.15, 0.2) is 5.82 Å². The number of para-hydroxylation sites is 1. The van der Waals surface area contributed by atoms with Crippen molar-refractivity contribution in [3.8, 4) is 0 Å². The first-order chi connectivity index (χ1) is 11.7. The first kappa shape index (κ1) is 15.6. The van der Waals surface area contributed by atoms with Crippen molar-refractivity contribution in [3.05, 3.63) is 54.4 Å². The molecular formula is C16H14N4O4. The summed E-state index contributed by atoms with van der Waals surface area (Å²) in [4.78, 5) is 28.5. The number of anilines is 1. The molecule has 0 saturated carbocycles. The van der Waals surface area contributed by atoms with E-state index in [2.05, 4.69) is 25.3 Å². The van der Waals surface area contributed by atoms with Crippen molar-refractivity contribution in [2.24, 2.45) is 0 Å². The third-order valence-corrected chi connectivity index (χ3v) is 3.32. The summed E-state index contributed by atoms with van der Waals surface area (Å²) < 4.78 is 4.60. The number of hydrogen-bond donors (Lipinski definition) is 3. The number of aromatic nitrogens is 2. The Bertz CT molecular complexity index is 863. The molecule has 0 aliphatic rings. The molecule has 2 heterocycles. The van der Waals surface area contributed by atoms with E-state index in [9.17, 15) is 14.7 Å². The number of rotatable bonds is 5. The van der Waals surface area contributed by atoms with Crippen LogP contribution in [0.15, 0.2) is 53.3 Å². The van der Waals surface area contributed by atoms with Gasteiger partial charge in [0.1, 0.15) is 18.0 Å². The molecule has 0 unspecified atom stereocenters. The molecule has 0 radical (unpaired) electrons. The largest absolute Gasteiger partial charge is 0.394 e. The molecule has 2 amide bonds. The van der Waals surface area contributed by atoms with Crippen molar-refractivity contribution in [2.45, 2.75) is 6.04 Å². The quantitative estimate of drug-likeness (QED) is 0.642. The number of aliphatic hydroxyl groups excluding tert-OH is 1. The summed E-state index contributed by atoms with van der Waals surface area (Å²) in [7, 11) is 0. The van der Waals surface area contributed by atoms with Crippen LogP contribution in [0.5, 0.6) is 0 Å². The smallest absolute Gasteiger partial charge is 0.270 e. The SMILES string of the molecule is O=C(N[C@@H](CO)C(=O)Nc1ccon1)c1ccc2ccccc2n1. The molecule has 0 fully saturated rings. The van der Waals surface area contributed by atoms with Gasteiger partial charge in [0.25, 0.3) is 11.8 Å². The second-order valence-electron chi connectivity index (χ2n) is 4.97. The molecule has 1 aromatic carbocycles. The number of nitrogens with zero attached hydrogens (tertiary/aromatic N) is 2. The van der Waals surface area contributed by atoms with Crippen LogP contribution in [0.1, 0.15) is 10.5 Å². The zero-order chi connectivity index (χ0) is 16.9. The predicted molar refractivity (Wildman–Crippen MR) is 85.2 cm³/mol. The van der Waals surface area contributed by atoms with Gasteiger partial charge in [0.05, 0.1) is 12.1 Å². The van der Waals surface area contributed by atoms with Crippen LogP contribution >= 0.6 is 0 Å². The number of aliphatic hydroxyl groups is 1. The summed E-state index contributed by atoms with van der Waals surface area (Å²) in [5, 5.41) is 18.6. The lowest BCUT2D eigenvalue weighted by Gasteiger charge is -2.15. The van der Waals surface area contributed by atoms with E-state index in [-0.39, 0.29) is 11.5 Å². The first-order valence-corrected chi connectivity index (χ1v) is 7.16. The third-order valence-electron chi connectivity index (χ3n) is 3.32.